The van der Waals surface area contributed by atoms with Gasteiger partial charge in [-0.3, -0.25) is 9.69 Å². The second-order valence-electron chi connectivity index (χ2n) is 6.86. The maximum atomic E-state index is 13.0. The molecule has 4 nitrogen and oxygen atoms in total. The largest absolute Gasteiger partial charge is 0.492 e. The van der Waals surface area contributed by atoms with Gasteiger partial charge in [-0.05, 0) is 31.9 Å². The second kappa shape index (κ2) is 10.5. The fraction of sp³-hybridized carbons (Fsp3) is 0.455. The lowest BCUT2D eigenvalue weighted by Crippen LogP contribution is -2.29. The number of carbonyl (C=O) groups is 1. The van der Waals surface area contributed by atoms with E-state index in [0.29, 0.717) is 28.1 Å². The predicted octanol–water partition coefficient (Wildman–Crippen LogP) is 6.15. The molecule has 0 spiro atoms. The molecule has 1 fully saturated rings. The number of fused-ring (bicyclic) bond motifs is 1. The van der Waals surface area contributed by atoms with E-state index in [4.69, 9.17) is 17.0 Å². The highest BCUT2D eigenvalue weighted by Gasteiger charge is 2.35. The number of hydrogen-bond acceptors (Lipinski definition) is 6. The fourth-order valence-electron chi connectivity index (χ4n) is 3.20. The van der Waals surface area contributed by atoms with Crippen molar-refractivity contribution in [3.05, 3.63) is 46.0 Å². The van der Waals surface area contributed by atoms with Crippen molar-refractivity contribution in [2.75, 3.05) is 24.6 Å². The minimum atomic E-state index is -0.0330. The molecule has 0 unspecified atom stereocenters. The number of nitrogens with zero attached hydrogens (tertiary/aromatic N) is 2. The molecule has 0 saturated carbocycles. The number of anilines is 1. The van der Waals surface area contributed by atoms with Gasteiger partial charge in [0.05, 0.1) is 17.3 Å². The number of benzene rings is 1. The molecule has 156 valence electrons. The summed E-state index contributed by atoms with van der Waals surface area (Å²) in [4.78, 5) is 18.9. The lowest BCUT2D eigenvalue weighted by molar-refractivity contribution is -0.122. The van der Waals surface area contributed by atoms with Gasteiger partial charge in [0.1, 0.15) is 15.0 Å². The first-order chi connectivity index (χ1) is 14.1. The summed E-state index contributed by atoms with van der Waals surface area (Å²) >= 11 is 8.56. The summed E-state index contributed by atoms with van der Waals surface area (Å²) in [7, 11) is 0. The molecule has 0 aromatic heterocycles. The molecular weight excluding hydrogens is 420 g/mol. The number of thiocarbonyl (C=S) groups is 1. The summed E-state index contributed by atoms with van der Waals surface area (Å²) in [6.07, 6.45) is 6.23. The van der Waals surface area contributed by atoms with Crippen molar-refractivity contribution in [1.29, 1.82) is 0 Å². The highest BCUT2D eigenvalue weighted by atomic mass is 32.2. The van der Waals surface area contributed by atoms with E-state index in [9.17, 15) is 4.79 Å². The van der Waals surface area contributed by atoms with Crippen LogP contribution in [0.5, 0.6) is 0 Å². The number of rotatable bonds is 9. The molecule has 3 rings (SSSR count). The Bertz CT molecular complexity index is 835. The molecule has 1 saturated heterocycles. The second-order valence-corrected chi connectivity index (χ2v) is 9.57. The molecular formula is C22H28N2O2S3. The van der Waals surface area contributed by atoms with Crippen LogP contribution in [-0.4, -0.2) is 34.8 Å². The topological polar surface area (TPSA) is 32.8 Å². The molecule has 0 bridgehead atoms. The van der Waals surface area contributed by atoms with Gasteiger partial charge in [0, 0.05) is 24.1 Å². The standard InChI is InChI=1S/C22H28N2O2S3/c1-4-7-13-23-16-11-9-10-12-18(16)28-19(23)15-17(26-6-3)20-21(25)24(14-8-5-2)22(27)29-20/h9-12,15H,4-8,13-14H2,1-3H3. The molecule has 7 heteroatoms. The number of amides is 1. The first-order valence-corrected chi connectivity index (χ1v) is 12.3. The van der Waals surface area contributed by atoms with E-state index in [1.54, 1.807) is 16.7 Å². The van der Waals surface area contributed by atoms with Gasteiger partial charge in [0.25, 0.3) is 5.91 Å². The zero-order valence-corrected chi connectivity index (χ0v) is 19.7. The number of allylic oxidation sites excluding steroid dienone is 1. The van der Waals surface area contributed by atoms with Crippen LogP contribution < -0.4 is 4.90 Å². The van der Waals surface area contributed by atoms with Gasteiger partial charge in [0.2, 0.25) is 0 Å². The highest BCUT2D eigenvalue weighted by Crippen LogP contribution is 2.47. The number of para-hydroxylation sites is 1. The van der Waals surface area contributed by atoms with Crippen LogP contribution in [0.25, 0.3) is 0 Å². The summed E-state index contributed by atoms with van der Waals surface area (Å²) in [5.74, 6) is 0.593. The van der Waals surface area contributed by atoms with E-state index < -0.39 is 0 Å². The van der Waals surface area contributed by atoms with Crippen LogP contribution in [0.1, 0.15) is 46.5 Å². The number of hydrogen-bond donors (Lipinski definition) is 0. The molecule has 0 aliphatic carbocycles. The van der Waals surface area contributed by atoms with Crippen molar-refractivity contribution in [1.82, 2.24) is 4.90 Å². The van der Waals surface area contributed by atoms with E-state index in [1.807, 2.05) is 13.0 Å². The normalized spacial score (nSPS) is 19.3. The van der Waals surface area contributed by atoms with Gasteiger partial charge in [-0.1, -0.05) is 74.6 Å². The Labute approximate surface area is 187 Å². The Morgan fingerprint density at radius 2 is 1.76 bits per heavy atom. The van der Waals surface area contributed by atoms with E-state index in [-0.39, 0.29) is 5.91 Å². The molecule has 2 heterocycles. The first-order valence-electron chi connectivity index (χ1n) is 10.3. The third kappa shape index (κ3) is 5.01. The van der Waals surface area contributed by atoms with E-state index in [0.717, 1.165) is 37.3 Å². The van der Waals surface area contributed by atoms with Gasteiger partial charge in [0.15, 0.2) is 0 Å². The Morgan fingerprint density at radius 3 is 2.45 bits per heavy atom. The monoisotopic (exact) mass is 448 g/mol. The molecule has 2 aliphatic rings. The van der Waals surface area contributed by atoms with Crippen LogP contribution in [0.4, 0.5) is 5.69 Å². The van der Waals surface area contributed by atoms with Gasteiger partial charge in [-0.25, -0.2) is 0 Å². The number of ether oxygens (including phenoxy) is 1. The Hall–Kier alpha value is -1.44. The van der Waals surface area contributed by atoms with Gasteiger partial charge >= 0.3 is 0 Å². The van der Waals surface area contributed by atoms with E-state index >= 15 is 0 Å². The highest BCUT2D eigenvalue weighted by molar-refractivity contribution is 8.26. The molecule has 0 atom stereocenters. The van der Waals surface area contributed by atoms with Crippen molar-refractivity contribution in [3.63, 3.8) is 0 Å². The molecule has 1 aromatic rings. The smallest absolute Gasteiger partial charge is 0.269 e. The molecule has 1 amide bonds. The maximum Gasteiger partial charge on any atom is 0.269 e. The summed E-state index contributed by atoms with van der Waals surface area (Å²) in [6, 6.07) is 8.44. The molecule has 2 aliphatic heterocycles. The van der Waals surface area contributed by atoms with Crippen molar-refractivity contribution in [2.24, 2.45) is 0 Å². The average molecular weight is 449 g/mol. The fourth-order valence-corrected chi connectivity index (χ4v) is 5.62. The van der Waals surface area contributed by atoms with Crippen molar-refractivity contribution in [3.8, 4) is 0 Å². The van der Waals surface area contributed by atoms with Crippen molar-refractivity contribution < 1.29 is 9.53 Å². The van der Waals surface area contributed by atoms with Crippen LogP contribution >= 0.6 is 35.7 Å². The first kappa shape index (κ1) is 22.2. The van der Waals surface area contributed by atoms with E-state index in [1.165, 1.54) is 22.3 Å². The quantitative estimate of drug-likeness (QED) is 0.256. The predicted molar refractivity (Wildman–Crippen MR) is 128 cm³/mol. The van der Waals surface area contributed by atoms with Crippen LogP contribution in [0.3, 0.4) is 0 Å². The molecule has 0 N–H and O–H groups in total. The van der Waals surface area contributed by atoms with Crippen molar-refractivity contribution >= 4 is 51.7 Å². The Balaban J connectivity index is 1.95. The average Bonchev–Trinajstić information content (AvgIpc) is 3.21. The van der Waals surface area contributed by atoms with Crippen LogP contribution in [-0.2, 0) is 9.53 Å². The molecule has 0 radical (unpaired) electrons. The summed E-state index contributed by atoms with van der Waals surface area (Å²) < 4.78 is 6.57. The summed E-state index contributed by atoms with van der Waals surface area (Å²) in [5, 5.41) is 1.10. The number of thioether (sulfide) groups is 2. The minimum absolute atomic E-state index is 0.0330. The van der Waals surface area contributed by atoms with Gasteiger partial charge in [-0.15, -0.1) is 0 Å². The van der Waals surface area contributed by atoms with E-state index in [2.05, 4.69) is 43.0 Å². The lowest BCUT2D eigenvalue weighted by Gasteiger charge is -2.21. The van der Waals surface area contributed by atoms with Crippen LogP contribution in [0, 0.1) is 0 Å². The van der Waals surface area contributed by atoms with Crippen LogP contribution in [0.2, 0.25) is 0 Å². The summed E-state index contributed by atoms with van der Waals surface area (Å²) in [5.41, 5.74) is 1.23. The van der Waals surface area contributed by atoms with Gasteiger partial charge in [-0.2, -0.15) is 0 Å². The minimum Gasteiger partial charge on any atom is -0.492 e. The third-order valence-corrected chi connectivity index (χ3v) is 7.29. The maximum absolute atomic E-state index is 13.0. The molecule has 29 heavy (non-hydrogen) atoms. The number of carbonyl (C=O) groups excluding carboxylic acids is 1. The molecule has 1 aromatic carbocycles. The Kier molecular flexibility index (Phi) is 8.09. The Morgan fingerprint density at radius 1 is 1.07 bits per heavy atom. The van der Waals surface area contributed by atoms with Crippen molar-refractivity contribution in [2.45, 2.75) is 51.3 Å². The zero-order valence-electron chi connectivity index (χ0n) is 17.3. The van der Waals surface area contributed by atoms with Crippen LogP contribution in [0.15, 0.2) is 50.9 Å². The third-order valence-electron chi connectivity index (χ3n) is 4.73. The number of unbranched alkanes of at least 4 members (excludes halogenated alkanes) is 2. The van der Waals surface area contributed by atoms with Gasteiger partial charge < -0.3 is 9.64 Å². The lowest BCUT2D eigenvalue weighted by atomic mass is 10.2. The summed E-state index contributed by atoms with van der Waals surface area (Å²) in [6.45, 7) is 8.38. The zero-order chi connectivity index (χ0) is 20.8. The SMILES string of the molecule is CCCCN1C(=O)C(=C(C=C2Sc3ccccc3N2CCCC)OCC)SC1=S.